The molecule has 13 heavy (non-hydrogen) atoms. The second-order valence-electron chi connectivity index (χ2n) is 4.91. The standard InChI is InChI=1S/2C4H9.C4H8.Sn/c3*1-3-4-2;/h2*1,3-4H2,2H3;1-4H2;. The van der Waals surface area contributed by atoms with Crippen molar-refractivity contribution in [1.82, 2.24) is 0 Å². The molecular formula is C12H26Sn. The van der Waals surface area contributed by atoms with Crippen molar-refractivity contribution >= 4 is 18.4 Å². The van der Waals surface area contributed by atoms with Crippen LogP contribution >= 0.6 is 0 Å². The quantitative estimate of drug-likeness (QED) is 0.614. The zero-order valence-electron chi connectivity index (χ0n) is 9.57. The molecule has 0 spiro atoms. The van der Waals surface area contributed by atoms with Crippen molar-refractivity contribution in [2.45, 2.75) is 70.1 Å². The van der Waals surface area contributed by atoms with Gasteiger partial charge in [0.2, 0.25) is 0 Å². The second-order valence-corrected chi connectivity index (χ2v) is 19.2. The Balaban J connectivity index is 2.33. The Bertz CT molecular complexity index is 115. The van der Waals surface area contributed by atoms with E-state index in [2.05, 4.69) is 13.8 Å². The van der Waals surface area contributed by atoms with Crippen LogP contribution in [0.1, 0.15) is 52.4 Å². The van der Waals surface area contributed by atoms with E-state index in [1.807, 2.05) is 0 Å². The molecule has 1 fully saturated rings. The van der Waals surface area contributed by atoms with Gasteiger partial charge in [-0.25, -0.2) is 0 Å². The molecule has 0 nitrogen and oxygen atoms in total. The maximum absolute atomic E-state index is 2.36. The molecule has 1 heteroatoms. The molecule has 0 N–H and O–H groups in total. The molecule has 0 amide bonds. The molecule has 0 radical (unpaired) electrons. The zero-order valence-corrected chi connectivity index (χ0v) is 12.4. The van der Waals surface area contributed by atoms with Crippen LogP contribution in [0.4, 0.5) is 0 Å². The first-order chi connectivity index (χ1) is 6.33. The fourth-order valence-corrected chi connectivity index (χ4v) is 19.1. The van der Waals surface area contributed by atoms with Gasteiger partial charge in [0.15, 0.2) is 0 Å². The predicted molar refractivity (Wildman–Crippen MR) is 64.0 cm³/mol. The van der Waals surface area contributed by atoms with Crippen molar-refractivity contribution in [3.05, 3.63) is 0 Å². The van der Waals surface area contributed by atoms with E-state index in [4.69, 9.17) is 0 Å². The third-order valence-electron chi connectivity index (χ3n) is 3.79. The normalized spacial score (nSPS) is 20.8. The summed E-state index contributed by atoms with van der Waals surface area (Å²) in [6, 6.07) is 0. The molecule has 0 aliphatic carbocycles. The summed E-state index contributed by atoms with van der Waals surface area (Å²) in [4.78, 5) is 0. The molecule has 0 unspecified atom stereocenters. The first-order valence-electron chi connectivity index (χ1n) is 6.33. The average molecular weight is 289 g/mol. The fraction of sp³-hybridized carbons (Fsp3) is 1.00. The molecule has 0 aromatic carbocycles. The molecule has 0 aromatic heterocycles. The topological polar surface area (TPSA) is 0 Å². The van der Waals surface area contributed by atoms with Crippen LogP contribution < -0.4 is 0 Å². The molecule has 0 atom stereocenters. The van der Waals surface area contributed by atoms with Crippen LogP contribution in [0.25, 0.3) is 0 Å². The van der Waals surface area contributed by atoms with Gasteiger partial charge in [-0.15, -0.1) is 0 Å². The molecule has 1 aliphatic heterocycles. The van der Waals surface area contributed by atoms with Gasteiger partial charge in [-0.1, -0.05) is 0 Å². The summed E-state index contributed by atoms with van der Waals surface area (Å²) in [5.41, 5.74) is 0. The van der Waals surface area contributed by atoms with Gasteiger partial charge in [0, 0.05) is 0 Å². The van der Waals surface area contributed by atoms with Gasteiger partial charge in [0.05, 0.1) is 0 Å². The van der Waals surface area contributed by atoms with Crippen LogP contribution in [-0.4, -0.2) is 18.4 Å². The fourth-order valence-electron chi connectivity index (χ4n) is 2.85. The first kappa shape index (κ1) is 11.9. The van der Waals surface area contributed by atoms with E-state index in [9.17, 15) is 0 Å². The van der Waals surface area contributed by atoms with Gasteiger partial charge in [-0.05, 0) is 0 Å². The van der Waals surface area contributed by atoms with E-state index in [-0.39, 0.29) is 0 Å². The van der Waals surface area contributed by atoms with Crippen LogP contribution in [0, 0.1) is 0 Å². The monoisotopic (exact) mass is 290 g/mol. The Morgan fingerprint density at radius 1 is 0.846 bits per heavy atom. The Morgan fingerprint density at radius 2 is 1.31 bits per heavy atom. The summed E-state index contributed by atoms with van der Waals surface area (Å²) < 4.78 is 6.94. The van der Waals surface area contributed by atoms with Crippen molar-refractivity contribution < 1.29 is 0 Å². The van der Waals surface area contributed by atoms with Crippen LogP contribution in [0.2, 0.25) is 17.7 Å². The van der Waals surface area contributed by atoms with E-state index in [0.717, 1.165) is 0 Å². The zero-order chi connectivity index (χ0) is 9.57. The van der Waals surface area contributed by atoms with Crippen molar-refractivity contribution in [3.8, 4) is 0 Å². The molecule has 0 aromatic rings. The Kier molecular flexibility index (Phi) is 5.77. The summed E-state index contributed by atoms with van der Waals surface area (Å²) in [5.74, 6) is 0. The number of unbranched alkanes of at least 4 members (excludes halogenated alkanes) is 2. The molecule has 0 bridgehead atoms. The average Bonchev–Trinajstić information content (AvgIpc) is 2.61. The van der Waals surface area contributed by atoms with Gasteiger partial charge in [-0.2, -0.15) is 0 Å². The Hall–Kier alpha value is 0.799. The summed E-state index contributed by atoms with van der Waals surface area (Å²) in [6.45, 7) is 4.71. The van der Waals surface area contributed by atoms with Crippen LogP contribution in [0.15, 0.2) is 0 Å². The van der Waals surface area contributed by atoms with E-state index in [1.54, 1.807) is 43.4 Å². The van der Waals surface area contributed by atoms with E-state index in [1.165, 1.54) is 12.8 Å². The minimum atomic E-state index is -1.43. The van der Waals surface area contributed by atoms with Gasteiger partial charge in [0.25, 0.3) is 0 Å². The molecule has 78 valence electrons. The van der Waals surface area contributed by atoms with Gasteiger partial charge < -0.3 is 0 Å². The molecule has 1 saturated heterocycles. The van der Waals surface area contributed by atoms with E-state index in [0.29, 0.717) is 0 Å². The maximum atomic E-state index is 2.36. The van der Waals surface area contributed by atoms with Crippen molar-refractivity contribution in [3.63, 3.8) is 0 Å². The third kappa shape index (κ3) is 3.81. The molecule has 1 heterocycles. The molecule has 1 aliphatic rings. The Morgan fingerprint density at radius 3 is 1.69 bits per heavy atom. The van der Waals surface area contributed by atoms with Crippen molar-refractivity contribution in [2.75, 3.05) is 0 Å². The van der Waals surface area contributed by atoms with Crippen molar-refractivity contribution in [2.24, 2.45) is 0 Å². The van der Waals surface area contributed by atoms with Crippen molar-refractivity contribution in [1.29, 1.82) is 0 Å². The number of hydrogen-bond donors (Lipinski definition) is 0. The molecule has 0 saturated carbocycles. The van der Waals surface area contributed by atoms with E-state index < -0.39 is 18.4 Å². The van der Waals surface area contributed by atoms with Crippen LogP contribution in [-0.2, 0) is 0 Å². The first-order valence-corrected chi connectivity index (χ1v) is 14.4. The summed E-state index contributed by atoms with van der Waals surface area (Å²) in [7, 11) is 0. The van der Waals surface area contributed by atoms with Gasteiger partial charge in [0.1, 0.15) is 0 Å². The summed E-state index contributed by atoms with van der Waals surface area (Å²) in [6.07, 6.45) is 9.18. The van der Waals surface area contributed by atoms with Gasteiger partial charge >= 0.3 is 88.5 Å². The van der Waals surface area contributed by atoms with Crippen LogP contribution in [0.3, 0.4) is 0 Å². The second kappa shape index (κ2) is 6.31. The SMILES string of the molecule is CCC[CH2][Sn]1([CH2]CCC)[CH2]CC[CH2]1. The summed E-state index contributed by atoms with van der Waals surface area (Å²) in [5, 5.41) is 0. The summed E-state index contributed by atoms with van der Waals surface area (Å²) >= 11 is -1.43. The number of rotatable bonds is 6. The minimum absolute atomic E-state index is 1.43. The predicted octanol–water partition coefficient (Wildman–Crippen LogP) is 4.83. The third-order valence-corrected chi connectivity index (χ3v) is 19.9. The Labute approximate surface area is 88.4 Å². The van der Waals surface area contributed by atoms with E-state index >= 15 is 0 Å². The van der Waals surface area contributed by atoms with Gasteiger partial charge in [-0.3, -0.25) is 0 Å². The van der Waals surface area contributed by atoms with Crippen LogP contribution in [0.5, 0.6) is 0 Å². The number of hydrogen-bond acceptors (Lipinski definition) is 0. The molecular weight excluding hydrogens is 263 g/mol. The molecule has 1 rings (SSSR count).